The fourth-order valence-corrected chi connectivity index (χ4v) is 1.67. The van der Waals surface area contributed by atoms with Gasteiger partial charge >= 0.3 is 18.2 Å². The van der Waals surface area contributed by atoms with Gasteiger partial charge in [-0.15, -0.1) is 0 Å². The van der Waals surface area contributed by atoms with Crippen molar-refractivity contribution in [1.82, 2.24) is 5.32 Å². The van der Waals surface area contributed by atoms with Crippen LogP contribution < -0.4 is 16.4 Å². The van der Waals surface area contributed by atoms with Gasteiger partial charge in [-0.05, 0) is 19.1 Å². The van der Waals surface area contributed by atoms with Crippen LogP contribution in [0.4, 0.5) is 23.7 Å². The van der Waals surface area contributed by atoms with Gasteiger partial charge in [0.05, 0.1) is 17.7 Å². The Morgan fingerprint density at radius 2 is 1.88 bits per heavy atom. The maximum absolute atomic E-state index is 12.8. The average Bonchev–Trinajstić information content (AvgIpc) is 2.46. The van der Waals surface area contributed by atoms with Gasteiger partial charge in [-0.2, -0.15) is 13.2 Å². The van der Waals surface area contributed by atoms with Crippen LogP contribution in [0.2, 0.25) is 0 Å². The number of hydrogen-bond acceptors (Lipinski definition) is 4. The Kier molecular flexibility index (Phi) is 6.57. The Morgan fingerprint density at radius 1 is 1.25 bits per heavy atom. The van der Waals surface area contributed by atoms with Crippen molar-refractivity contribution in [3.05, 3.63) is 29.8 Å². The molecule has 0 heterocycles. The van der Waals surface area contributed by atoms with Crippen LogP contribution >= 0.6 is 0 Å². The summed E-state index contributed by atoms with van der Waals surface area (Å²) < 4.78 is 43.3. The van der Waals surface area contributed by atoms with Crippen LogP contribution in [0, 0.1) is 0 Å². The zero-order valence-corrected chi connectivity index (χ0v) is 12.6. The van der Waals surface area contributed by atoms with Gasteiger partial charge in [-0.1, -0.05) is 12.1 Å². The number of alkyl halides is 3. The molecule has 1 aromatic rings. The molecule has 0 aromatic heterocycles. The molecule has 0 aliphatic rings. The third-order valence-electron chi connectivity index (χ3n) is 2.80. The number of esters is 1. The fraction of sp³-hybridized carbons (Fsp3) is 0.357. The van der Waals surface area contributed by atoms with E-state index in [4.69, 9.17) is 10.5 Å². The quantitative estimate of drug-likeness (QED) is 0.679. The van der Waals surface area contributed by atoms with Gasteiger partial charge in [-0.3, -0.25) is 9.59 Å². The first kappa shape index (κ1) is 19.3. The van der Waals surface area contributed by atoms with Crippen molar-refractivity contribution < 1.29 is 32.3 Å². The van der Waals surface area contributed by atoms with E-state index in [0.717, 1.165) is 12.1 Å². The lowest BCUT2D eigenvalue weighted by Gasteiger charge is -2.16. The van der Waals surface area contributed by atoms with E-state index < -0.39 is 41.4 Å². The summed E-state index contributed by atoms with van der Waals surface area (Å²) in [6.45, 7) is 1.13. The monoisotopic (exact) mass is 347 g/mol. The highest BCUT2D eigenvalue weighted by Crippen LogP contribution is 2.34. The number of urea groups is 1. The molecule has 1 aromatic carbocycles. The van der Waals surface area contributed by atoms with Gasteiger partial charge in [0.2, 0.25) is 0 Å². The average molecular weight is 347 g/mol. The van der Waals surface area contributed by atoms with Gasteiger partial charge in [0.25, 0.3) is 5.91 Å². The van der Waals surface area contributed by atoms with Crippen LogP contribution in [0.25, 0.3) is 0 Å². The smallest absolute Gasteiger partial charge is 0.418 e. The first-order valence-electron chi connectivity index (χ1n) is 6.81. The molecule has 10 heteroatoms. The highest BCUT2D eigenvalue weighted by atomic mass is 19.4. The molecule has 0 aliphatic heterocycles. The molecule has 0 unspecified atom stereocenters. The number of benzene rings is 1. The van der Waals surface area contributed by atoms with Crippen LogP contribution in [0.5, 0.6) is 0 Å². The third kappa shape index (κ3) is 6.15. The van der Waals surface area contributed by atoms with E-state index in [0.29, 0.717) is 0 Å². The van der Waals surface area contributed by atoms with Crippen molar-refractivity contribution in [2.75, 3.05) is 11.9 Å². The van der Waals surface area contributed by atoms with Crippen LogP contribution in [-0.4, -0.2) is 30.6 Å². The molecule has 0 bridgehead atoms. The van der Waals surface area contributed by atoms with E-state index in [1.54, 1.807) is 0 Å². The summed E-state index contributed by atoms with van der Waals surface area (Å²) in [5.41, 5.74) is 3.36. The molecule has 1 atom stereocenters. The first-order valence-corrected chi connectivity index (χ1v) is 6.81. The molecular weight excluding hydrogens is 331 g/mol. The van der Waals surface area contributed by atoms with E-state index in [1.807, 2.05) is 0 Å². The Labute approximate surface area is 135 Å². The lowest BCUT2D eigenvalue weighted by molar-refractivity contribution is -0.153. The number of hydrogen-bond donors (Lipinski definition) is 3. The highest BCUT2D eigenvalue weighted by Gasteiger charge is 2.34. The van der Waals surface area contributed by atoms with Gasteiger partial charge in [0, 0.05) is 6.54 Å². The standard InChI is InChI=1S/C14H16F3N3O4/c1-8(24-11(21)6-7-19-13(18)23)12(22)20-10-5-3-2-4-9(10)14(15,16)17/h2-5,8H,6-7H2,1H3,(H,20,22)(H3,18,19,23)/t8-/m1/s1. The molecule has 0 fully saturated rings. The number of carbonyl (C=O) groups excluding carboxylic acids is 3. The molecular formula is C14H16F3N3O4. The lowest BCUT2D eigenvalue weighted by Crippen LogP contribution is -2.34. The number of amides is 3. The molecule has 3 amide bonds. The zero-order valence-electron chi connectivity index (χ0n) is 12.6. The summed E-state index contributed by atoms with van der Waals surface area (Å²) in [6.07, 6.45) is -6.18. The van der Waals surface area contributed by atoms with E-state index >= 15 is 0 Å². The Balaban J connectivity index is 2.62. The molecule has 7 nitrogen and oxygen atoms in total. The van der Waals surface area contributed by atoms with Gasteiger partial charge in [0.1, 0.15) is 0 Å². The molecule has 132 valence electrons. The predicted molar refractivity (Wildman–Crippen MR) is 77.8 cm³/mol. The SMILES string of the molecule is C[C@@H](OC(=O)CCNC(N)=O)C(=O)Nc1ccccc1C(F)(F)F. The van der Waals surface area contributed by atoms with Gasteiger partial charge in [0.15, 0.2) is 6.10 Å². The maximum Gasteiger partial charge on any atom is 0.418 e. The number of nitrogens with one attached hydrogen (secondary N) is 2. The molecule has 0 saturated carbocycles. The number of rotatable bonds is 6. The van der Waals surface area contributed by atoms with Crippen molar-refractivity contribution >= 4 is 23.6 Å². The van der Waals surface area contributed by atoms with Crippen LogP contribution in [-0.2, 0) is 20.5 Å². The van der Waals surface area contributed by atoms with Crippen LogP contribution in [0.1, 0.15) is 18.9 Å². The largest absolute Gasteiger partial charge is 0.452 e. The lowest BCUT2D eigenvalue weighted by atomic mass is 10.1. The van der Waals surface area contributed by atoms with Crippen LogP contribution in [0.15, 0.2) is 24.3 Å². The van der Waals surface area contributed by atoms with Gasteiger partial charge < -0.3 is 21.1 Å². The number of nitrogens with two attached hydrogens (primary N) is 1. The number of para-hydroxylation sites is 1. The number of anilines is 1. The van der Waals surface area contributed by atoms with Crippen molar-refractivity contribution in [2.45, 2.75) is 25.6 Å². The number of ether oxygens (including phenoxy) is 1. The van der Waals surface area contributed by atoms with E-state index in [2.05, 4.69) is 10.6 Å². The minimum atomic E-state index is -4.63. The summed E-state index contributed by atoms with van der Waals surface area (Å²) >= 11 is 0. The van der Waals surface area contributed by atoms with Gasteiger partial charge in [-0.25, -0.2) is 4.79 Å². The minimum Gasteiger partial charge on any atom is -0.452 e. The second kappa shape index (κ2) is 8.18. The Morgan fingerprint density at radius 3 is 2.46 bits per heavy atom. The molecule has 0 saturated heterocycles. The molecule has 4 N–H and O–H groups in total. The van der Waals surface area contributed by atoms with E-state index in [-0.39, 0.29) is 13.0 Å². The van der Waals surface area contributed by atoms with E-state index in [9.17, 15) is 27.6 Å². The van der Waals surface area contributed by atoms with Crippen molar-refractivity contribution in [3.8, 4) is 0 Å². The maximum atomic E-state index is 12.8. The van der Waals surface area contributed by atoms with Crippen molar-refractivity contribution in [1.29, 1.82) is 0 Å². The van der Waals surface area contributed by atoms with Crippen LogP contribution in [0.3, 0.4) is 0 Å². The Bertz CT molecular complexity index is 620. The topological polar surface area (TPSA) is 111 Å². The molecule has 24 heavy (non-hydrogen) atoms. The second-order valence-electron chi connectivity index (χ2n) is 4.71. The molecule has 0 aliphatic carbocycles. The van der Waals surface area contributed by atoms with E-state index in [1.165, 1.54) is 19.1 Å². The molecule has 0 spiro atoms. The van der Waals surface area contributed by atoms with Crippen molar-refractivity contribution in [2.24, 2.45) is 5.73 Å². The zero-order chi connectivity index (χ0) is 18.3. The normalized spacial score (nSPS) is 12.2. The molecule has 1 rings (SSSR count). The number of carbonyl (C=O) groups is 3. The summed E-state index contributed by atoms with van der Waals surface area (Å²) in [6, 6.07) is 3.61. The summed E-state index contributed by atoms with van der Waals surface area (Å²) in [5, 5.41) is 4.23. The highest BCUT2D eigenvalue weighted by molar-refractivity contribution is 5.95. The number of primary amides is 1. The minimum absolute atomic E-state index is 0.0839. The summed E-state index contributed by atoms with van der Waals surface area (Å²) in [4.78, 5) is 33.7. The number of halogens is 3. The predicted octanol–water partition coefficient (Wildman–Crippen LogP) is 1.63. The third-order valence-corrected chi connectivity index (χ3v) is 2.80. The summed E-state index contributed by atoms with van der Waals surface area (Å²) in [5.74, 6) is -1.72. The fourth-order valence-electron chi connectivity index (χ4n) is 1.67. The van der Waals surface area contributed by atoms with Crippen molar-refractivity contribution in [3.63, 3.8) is 0 Å². The Hall–Kier alpha value is -2.78. The first-order chi connectivity index (χ1) is 11.1. The summed E-state index contributed by atoms with van der Waals surface area (Å²) in [7, 11) is 0. The molecule has 0 radical (unpaired) electrons. The second-order valence-corrected chi connectivity index (χ2v) is 4.71.